The molecule has 76 valence electrons. The Morgan fingerprint density at radius 2 is 2.14 bits per heavy atom. The molecule has 2 heteroatoms. The van der Waals surface area contributed by atoms with Gasteiger partial charge in [-0.1, -0.05) is 20.8 Å². The predicted molar refractivity (Wildman–Crippen MR) is 59.5 cm³/mol. The summed E-state index contributed by atoms with van der Waals surface area (Å²) in [7, 11) is 0. The van der Waals surface area contributed by atoms with Gasteiger partial charge in [0.15, 0.2) is 0 Å². The Morgan fingerprint density at radius 1 is 1.43 bits per heavy atom. The second-order valence-electron chi connectivity index (χ2n) is 4.27. The minimum atomic E-state index is -0.0111. The second-order valence-corrected chi connectivity index (χ2v) is 5.75. The van der Waals surface area contributed by atoms with E-state index in [1.807, 2.05) is 0 Å². The summed E-state index contributed by atoms with van der Waals surface area (Å²) in [5.41, 5.74) is 2.04. The van der Waals surface area contributed by atoms with Crippen LogP contribution in [-0.2, 0) is 6.42 Å². The number of hydrogen-bond donors (Lipinski definition) is 0. The van der Waals surface area contributed by atoms with Crippen LogP contribution in [0.5, 0.6) is 0 Å². The fraction of sp³-hybridized carbons (Fsp3) is 0.500. The molecule has 1 atom stereocenters. The lowest BCUT2D eigenvalue weighted by atomic mass is 10.00. The predicted octanol–water partition coefficient (Wildman–Crippen LogP) is 3.99. The third-order valence-corrected chi connectivity index (χ3v) is 3.85. The van der Waals surface area contributed by atoms with Crippen LogP contribution in [0.1, 0.15) is 37.8 Å². The highest BCUT2D eigenvalue weighted by molar-refractivity contribution is 8.00. The molecule has 0 aromatic heterocycles. The molecule has 0 saturated carbocycles. The molecule has 0 spiro atoms. The summed E-state index contributed by atoms with van der Waals surface area (Å²) in [6, 6.07) is 3.85. The minimum Gasteiger partial charge on any atom is -0.207 e. The molecule has 1 aliphatic heterocycles. The van der Waals surface area contributed by atoms with Gasteiger partial charge in [0.25, 0.3) is 0 Å². The van der Waals surface area contributed by atoms with Crippen molar-refractivity contribution < 1.29 is 4.39 Å². The molecule has 0 amide bonds. The third kappa shape index (κ3) is 1.68. The average molecular weight is 210 g/mol. The zero-order valence-electron chi connectivity index (χ0n) is 8.80. The van der Waals surface area contributed by atoms with Gasteiger partial charge in [0.05, 0.1) is 0 Å². The molecule has 0 nitrogen and oxygen atoms in total. The van der Waals surface area contributed by atoms with Gasteiger partial charge in [-0.25, -0.2) is 4.39 Å². The van der Waals surface area contributed by atoms with Gasteiger partial charge in [0.1, 0.15) is 5.82 Å². The molecular formula is C12H15FS. The van der Waals surface area contributed by atoms with Gasteiger partial charge in [-0.2, -0.15) is 0 Å². The summed E-state index contributed by atoms with van der Waals surface area (Å²) in [6.45, 7) is 6.35. The van der Waals surface area contributed by atoms with Gasteiger partial charge in [0.2, 0.25) is 0 Å². The largest absolute Gasteiger partial charge is 0.207 e. The zero-order chi connectivity index (χ0) is 10.3. The molecule has 0 saturated heterocycles. The molecule has 1 unspecified atom stereocenters. The van der Waals surface area contributed by atoms with E-state index in [0.717, 1.165) is 22.4 Å². The molecule has 1 aromatic carbocycles. The lowest BCUT2D eigenvalue weighted by Crippen LogP contribution is -1.96. The minimum absolute atomic E-state index is 0.0111. The van der Waals surface area contributed by atoms with Gasteiger partial charge in [-0.05, 0) is 30.0 Å². The fourth-order valence-corrected chi connectivity index (χ4v) is 3.02. The van der Waals surface area contributed by atoms with E-state index in [9.17, 15) is 4.39 Å². The van der Waals surface area contributed by atoms with E-state index < -0.39 is 0 Å². The molecule has 1 aliphatic rings. The first-order valence-electron chi connectivity index (χ1n) is 5.07. The molecule has 0 aliphatic carbocycles. The molecular weight excluding hydrogens is 195 g/mol. The fourth-order valence-electron chi connectivity index (χ4n) is 1.81. The van der Waals surface area contributed by atoms with Gasteiger partial charge in [-0.15, -0.1) is 11.8 Å². The van der Waals surface area contributed by atoms with E-state index in [0.29, 0.717) is 11.2 Å². The molecule has 0 bridgehead atoms. The first kappa shape index (κ1) is 10.0. The van der Waals surface area contributed by atoms with Gasteiger partial charge < -0.3 is 0 Å². The van der Waals surface area contributed by atoms with E-state index in [1.54, 1.807) is 17.8 Å². The maximum absolute atomic E-state index is 13.7. The number of thioether (sulfide) groups is 1. The van der Waals surface area contributed by atoms with E-state index >= 15 is 0 Å². The van der Waals surface area contributed by atoms with Crippen molar-refractivity contribution >= 4 is 11.8 Å². The smallest absolute Gasteiger partial charge is 0.127 e. The van der Waals surface area contributed by atoms with Crippen molar-refractivity contribution in [3.05, 3.63) is 29.1 Å². The van der Waals surface area contributed by atoms with Crippen LogP contribution in [-0.4, -0.2) is 5.25 Å². The first-order chi connectivity index (χ1) is 6.58. The van der Waals surface area contributed by atoms with Crippen LogP contribution >= 0.6 is 11.8 Å². The monoisotopic (exact) mass is 210 g/mol. The summed E-state index contributed by atoms with van der Waals surface area (Å²) in [4.78, 5) is 1.15. The number of hydrogen-bond acceptors (Lipinski definition) is 1. The Morgan fingerprint density at radius 3 is 2.79 bits per heavy atom. The number of benzene rings is 1. The topological polar surface area (TPSA) is 0 Å². The third-order valence-electron chi connectivity index (χ3n) is 2.66. The molecule has 0 radical (unpaired) electrons. The van der Waals surface area contributed by atoms with Crippen LogP contribution in [0.3, 0.4) is 0 Å². The summed E-state index contributed by atoms with van der Waals surface area (Å²) in [5, 5.41) is 0.530. The van der Waals surface area contributed by atoms with Crippen molar-refractivity contribution in [3.63, 3.8) is 0 Å². The molecule has 14 heavy (non-hydrogen) atoms. The summed E-state index contributed by atoms with van der Waals surface area (Å²) >= 11 is 1.80. The van der Waals surface area contributed by atoms with Crippen LogP contribution < -0.4 is 0 Å². The Hall–Kier alpha value is -0.500. The van der Waals surface area contributed by atoms with Gasteiger partial charge in [0, 0.05) is 15.7 Å². The standard InChI is InChI=1S/C12H15FS/c1-7(2)9-5-11(13)10-4-8(3)14-12(10)6-9/h5-8H,4H2,1-3H3. The van der Waals surface area contributed by atoms with E-state index in [-0.39, 0.29) is 5.82 Å². The molecule has 1 heterocycles. The lowest BCUT2D eigenvalue weighted by Gasteiger charge is -2.08. The van der Waals surface area contributed by atoms with Crippen LogP contribution in [0.4, 0.5) is 4.39 Å². The quantitative estimate of drug-likeness (QED) is 0.675. The average Bonchev–Trinajstić information content (AvgIpc) is 2.45. The van der Waals surface area contributed by atoms with Crippen LogP contribution in [0.25, 0.3) is 0 Å². The molecule has 1 aromatic rings. The summed E-state index contributed by atoms with van der Waals surface area (Å²) in [6.07, 6.45) is 0.879. The van der Waals surface area contributed by atoms with E-state index in [4.69, 9.17) is 0 Å². The van der Waals surface area contributed by atoms with Crippen LogP contribution in [0.15, 0.2) is 17.0 Å². The maximum atomic E-state index is 13.7. The number of fused-ring (bicyclic) bond motifs is 1. The zero-order valence-corrected chi connectivity index (χ0v) is 9.62. The highest BCUT2D eigenvalue weighted by atomic mass is 32.2. The second kappa shape index (κ2) is 3.58. The Balaban J connectivity index is 2.46. The molecule has 2 rings (SSSR count). The summed E-state index contributed by atoms with van der Waals surface area (Å²) in [5.74, 6) is 0.398. The maximum Gasteiger partial charge on any atom is 0.127 e. The van der Waals surface area contributed by atoms with Gasteiger partial charge in [-0.3, -0.25) is 0 Å². The normalized spacial score (nSPS) is 20.2. The van der Waals surface area contributed by atoms with Crippen molar-refractivity contribution in [2.24, 2.45) is 0 Å². The highest BCUT2D eigenvalue weighted by Crippen LogP contribution is 2.39. The Labute approximate surface area is 88.9 Å². The van der Waals surface area contributed by atoms with Crippen molar-refractivity contribution in [1.29, 1.82) is 0 Å². The van der Waals surface area contributed by atoms with E-state index in [2.05, 4.69) is 26.8 Å². The SMILES string of the molecule is CC1Cc2c(F)cc(C(C)C)cc2S1. The van der Waals surface area contributed by atoms with Crippen LogP contribution in [0.2, 0.25) is 0 Å². The number of halogens is 1. The molecule has 0 fully saturated rings. The Kier molecular flexibility index (Phi) is 2.56. The van der Waals surface area contributed by atoms with Crippen molar-refractivity contribution in [2.45, 2.75) is 43.3 Å². The van der Waals surface area contributed by atoms with E-state index in [1.165, 1.54) is 0 Å². The first-order valence-corrected chi connectivity index (χ1v) is 5.95. The Bertz CT molecular complexity index is 358. The number of rotatable bonds is 1. The summed E-state index contributed by atoms with van der Waals surface area (Å²) < 4.78 is 13.7. The van der Waals surface area contributed by atoms with Crippen molar-refractivity contribution in [1.82, 2.24) is 0 Å². The lowest BCUT2D eigenvalue weighted by molar-refractivity contribution is 0.601. The van der Waals surface area contributed by atoms with Crippen LogP contribution in [0, 0.1) is 5.82 Å². The highest BCUT2D eigenvalue weighted by Gasteiger charge is 2.22. The van der Waals surface area contributed by atoms with Crippen molar-refractivity contribution in [3.8, 4) is 0 Å². The van der Waals surface area contributed by atoms with Gasteiger partial charge >= 0.3 is 0 Å². The molecule has 0 N–H and O–H groups in total. The van der Waals surface area contributed by atoms with Crippen molar-refractivity contribution in [2.75, 3.05) is 0 Å².